The number of methoxy groups -OCH3 is 1. The molecule has 128 valence electrons. The standard InChI is InChI=1S/C14H13F3N4O3/c1-23-10-3-2-8(6-18-10)12(22)21-5-4-9(7-21)11-19-13(24-20-11)14(15,16)17/h2-3,6,9H,4-5,7H2,1H3/t9-/m1/s1. The average Bonchev–Trinajstić information content (AvgIpc) is 3.22. The van der Waals surface area contributed by atoms with Crippen molar-refractivity contribution in [3.63, 3.8) is 0 Å². The molecule has 1 amide bonds. The second kappa shape index (κ2) is 6.10. The molecular weight excluding hydrogens is 329 g/mol. The van der Waals surface area contributed by atoms with Crippen LogP contribution in [0.4, 0.5) is 13.2 Å². The molecule has 1 fully saturated rings. The highest BCUT2D eigenvalue weighted by Gasteiger charge is 2.40. The summed E-state index contributed by atoms with van der Waals surface area (Å²) < 4.78 is 46.7. The predicted molar refractivity (Wildman–Crippen MR) is 73.4 cm³/mol. The number of aromatic nitrogens is 3. The van der Waals surface area contributed by atoms with E-state index in [1.807, 2.05) is 0 Å². The lowest BCUT2D eigenvalue weighted by Crippen LogP contribution is -2.28. The number of hydrogen-bond acceptors (Lipinski definition) is 6. The number of amides is 1. The number of carbonyl (C=O) groups excluding carboxylic acids is 1. The van der Waals surface area contributed by atoms with Gasteiger partial charge in [0.1, 0.15) is 0 Å². The minimum atomic E-state index is -4.67. The Labute approximate surface area is 134 Å². The fraction of sp³-hybridized carbons (Fsp3) is 0.429. The van der Waals surface area contributed by atoms with Gasteiger partial charge in [-0.1, -0.05) is 5.16 Å². The molecule has 10 heteroatoms. The first kappa shape index (κ1) is 16.2. The summed E-state index contributed by atoms with van der Waals surface area (Å²) in [6, 6.07) is 3.15. The van der Waals surface area contributed by atoms with Gasteiger partial charge in [-0.05, 0) is 12.5 Å². The maximum atomic E-state index is 12.5. The van der Waals surface area contributed by atoms with Crippen molar-refractivity contribution in [1.29, 1.82) is 0 Å². The molecule has 1 aliphatic rings. The fourth-order valence-electron chi connectivity index (χ4n) is 2.48. The van der Waals surface area contributed by atoms with E-state index >= 15 is 0 Å². The normalized spacial score (nSPS) is 18.0. The summed E-state index contributed by atoms with van der Waals surface area (Å²) in [7, 11) is 1.47. The maximum absolute atomic E-state index is 12.5. The molecule has 3 heterocycles. The number of pyridine rings is 1. The predicted octanol–water partition coefficient (Wildman–Crippen LogP) is 2.12. The molecule has 0 N–H and O–H groups in total. The van der Waals surface area contributed by atoms with E-state index < -0.39 is 12.1 Å². The third kappa shape index (κ3) is 3.17. The van der Waals surface area contributed by atoms with Crippen LogP contribution < -0.4 is 4.74 Å². The van der Waals surface area contributed by atoms with Gasteiger partial charge in [0, 0.05) is 31.3 Å². The van der Waals surface area contributed by atoms with Gasteiger partial charge in [0.05, 0.1) is 12.7 Å². The van der Waals surface area contributed by atoms with Crippen molar-refractivity contribution < 1.29 is 27.2 Å². The van der Waals surface area contributed by atoms with Gasteiger partial charge in [-0.15, -0.1) is 0 Å². The van der Waals surface area contributed by atoms with E-state index in [0.29, 0.717) is 24.4 Å². The number of halogens is 3. The summed E-state index contributed by atoms with van der Waals surface area (Å²) in [6.07, 6.45) is -2.81. The van der Waals surface area contributed by atoms with Gasteiger partial charge in [-0.25, -0.2) is 4.98 Å². The van der Waals surface area contributed by atoms with Crippen LogP contribution in [-0.4, -0.2) is 46.1 Å². The highest BCUT2D eigenvalue weighted by molar-refractivity contribution is 5.94. The highest BCUT2D eigenvalue weighted by Crippen LogP contribution is 2.31. The molecule has 1 atom stereocenters. The van der Waals surface area contributed by atoms with Crippen molar-refractivity contribution in [2.45, 2.75) is 18.5 Å². The van der Waals surface area contributed by atoms with Crippen molar-refractivity contribution in [1.82, 2.24) is 20.0 Å². The minimum Gasteiger partial charge on any atom is -0.481 e. The number of ether oxygens (including phenoxy) is 1. The second-order valence-electron chi connectivity index (χ2n) is 5.28. The molecule has 0 aromatic carbocycles. The smallest absolute Gasteiger partial charge is 0.471 e. The van der Waals surface area contributed by atoms with E-state index in [9.17, 15) is 18.0 Å². The summed E-state index contributed by atoms with van der Waals surface area (Å²) in [5.41, 5.74) is 0.376. The Bertz CT molecular complexity index is 730. The van der Waals surface area contributed by atoms with Gasteiger partial charge in [-0.2, -0.15) is 18.2 Å². The highest BCUT2D eigenvalue weighted by atomic mass is 19.4. The molecule has 1 saturated heterocycles. The summed E-state index contributed by atoms with van der Waals surface area (Å²) in [5.74, 6) is -1.67. The lowest BCUT2D eigenvalue weighted by atomic mass is 10.1. The Morgan fingerprint density at radius 1 is 1.42 bits per heavy atom. The van der Waals surface area contributed by atoms with E-state index in [2.05, 4.69) is 19.6 Å². The number of alkyl halides is 3. The van der Waals surface area contributed by atoms with Crippen LogP contribution in [0, 0.1) is 0 Å². The number of hydrogen-bond donors (Lipinski definition) is 0. The molecule has 0 bridgehead atoms. The number of nitrogens with zero attached hydrogens (tertiary/aromatic N) is 4. The van der Waals surface area contributed by atoms with E-state index in [1.54, 1.807) is 12.1 Å². The molecule has 7 nitrogen and oxygen atoms in total. The van der Waals surface area contributed by atoms with Gasteiger partial charge < -0.3 is 14.2 Å². The molecule has 0 saturated carbocycles. The van der Waals surface area contributed by atoms with Crippen molar-refractivity contribution in [3.8, 4) is 5.88 Å². The zero-order valence-electron chi connectivity index (χ0n) is 12.6. The Morgan fingerprint density at radius 2 is 2.21 bits per heavy atom. The first-order chi connectivity index (χ1) is 11.4. The van der Waals surface area contributed by atoms with E-state index in [4.69, 9.17) is 4.74 Å². The van der Waals surface area contributed by atoms with Crippen LogP contribution in [0.25, 0.3) is 0 Å². The number of likely N-dealkylation sites (tertiary alicyclic amines) is 1. The molecule has 0 unspecified atom stereocenters. The van der Waals surface area contributed by atoms with E-state index in [1.165, 1.54) is 18.2 Å². The van der Waals surface area contributed by atoms with Crippen LogP contribution in [0.1, 0.15) is 34.4 Å². The molecule has 24 heavy (non-hydrogen) atoms. The first-order valence-corrected chi connectivity index (χ1v) is 7.08. The van der Waals surface area contributed by atoms with E-state index in [-0.39, 0.29) is 24.2 Å². The summed E-state index contributed by atoms with van der Waals surface area (Å²) >= 11 is 0. The topological polar surface area (TPSA) is 81.4 Å². The quantitative estimate of drug-likeness (QED) is 0.850. The molecule has 0 aliphatic carbocycles. The molecule has 1 aliphatic heterocycles. The van der Waals surface area contributed by atoms with Crippen LogP contribution in [0.15, 0.2) is 22.9 Å². The van der Waals surface area contributed by atoms with Crippen LogP contribution in [-0.2, 0) is 6.18 Å². The largest absolute Gasteiger partial charge is 0.481 e. The summed E-state index contributed by atoms with van der Waals surface area (Å²) in [5, 5.41) is 3.38. The Hall–Kier alpha value is -2.65. The molecule has 0 spiro atoms. The van der Waals surface area contributed by atoms with Crippen LogP contribution in [0.3, 0.4) is 0 Å². The molecule has 2 aromatic heterocycles. The van der Waals surface area contributed by atoms with Crippen LogP contribution in [0.2, 0.25) is 0 Å². The van der Waals surface area contributed by atoms with Gasteiger partial charge in [0.2, 0.25) is 5.88 Å². The average molecular weight is 342 g/mol. The van der Waals surface area contributed by atoms with E-state index in [0.717, 1.165) is 0 Å². The molecule has 2 aromatic rings. The summed E-state index contributed by atoms with van der Waals surface area (Å²) in [4.78, 5) is 21.3. The maximum Gasteiger partial charge on any atom is 0.471 e. The number of carbonyl (C=O) groups is 1. The molecular formula is C14H13F3N4O3. The third-order valence-corrected chi connectivity index (χ3v) is 3.72. The summed E-state index contributed by atoms with van der Waals surface area (Å²) in [6.45, 7) is 0.618. The monoisotopic (exact) mass is 342 g/mol. The van der Waals surface area contributed by atoms with Crippen LogP contribution >= 0.6 is 0 Å². The van der Waals surface area contributed by atoms with Crippen molar-refractivity contribution in [2.24, 2.45) is 0 Å². The zero-order chi connectivity index (χ0) is 17.3. The van der Waals surface area contributed by atoms with Gasteiger partial charge in [-0.3, -0.25) is 4.79 Å². The second-order valence-corrected chi connectivity index (χ2v) is 5.28. The van der Waals surface area contributed by atoms with Gasteiger partial charge in [0.15, 0.2) is 5.82 Å². The minimum absolute atomic E-state index is 0.0366. The Morgan fingerprint density at radius 3 is 2.79 bits per heavy atom. The van der Waals surface area contributed by atoms with Gasteiger partial charge >= 0.3 is 12.1 Å². The Kier molecular flexibility index (Phi) is 4.12. The lowest BCUT2D eigenvalue weighted by Gasteiger charge is -2.15. The third-order valence-electron chi connectivity index (χ3n) is 3.72. The van der Waals surface area contributed by atoms with Crippen molar-refractivity contribution in [2.75, 3.05) is 20.2 Å². The molecule has 3 rings (SSSR count). The number of rotatable bonds is 3. The van der Waals surface area contributed by atoms with Crippen molar-refractivity contribution in [3.05, 3.63) is 35.6 Å². The molecule has 0 radical (unpaired) electrons. The SMILES string of the molecule is COc1ccc(C(=O)N2CC[C@@H](c3noc(C(F)(F)F)n3)C2)cn1. The van der Waals surface area contributed by atoms with Crippen molar-refractivity contribution >= 4 is 5.91 Å². The Balaban J connectivity index is 1.68. The fourth-order valence-corrected chi connectivity index (χ4v) is 2.48. The lowest BCUT2D eigenvalue weighted by molar-refractivity contribution is -0.159. The zero-order valence-corrected chi connectivity index (χ0v) is 12.6. The van der Waals surface area contributed by atoms with Gasteiger partial charge in [0.25, 0.3) is 5.91 Å². The first-order valence-electron chi connectivity index (χ1n) is 7.08. The van der Waals surface area contributed by atoms with Crippen LogP contribution in [0.5, 0.6) is 5.88 Å².